The number of rotatable bonds is 4. The molecule has 0 saturated carbocycles. The number of benzene rings is 2. The van der Waals surface area contributed by atoms with E-state index in [1.165, 1.54) is 25.1 Å². The van der Waals surface area contributed by atoms with Gasteiger partial charge in [0.15, 0.2) is 5.78 Å². The average Bonchev–Trinajstić information content (AvgIpc) is 2.42. The van der Waals surface area contributed by atoms with Crippen LogP contribution >= 0.6 is 15.9 Å². The molecule has 0 aliphatic carbocycles. The number of carbonyl (C=O) groups is 1. The fourth-order valence-corrected chi connectivity index (χ4v) is 2.43. The molecule has 0 heterocycles. The van der Waals surface area contributed by atoms with E-state index in [1.807, 2.05) is 18.2 Å². The Morgan fingerprint density at radius 2 is 1.81 bits per heavy atom. The van der Waals surface area contributed by atoms with Gasteiger partial charge in [0, 0.05) is 4.47 Å². The van der Waals surface area contributed by atoms with Crippen molar-refractivity contribution in [3.63, 3.8) is 0 Å². The second-order valence-electron chi connectivity index (χ2n) is 5.14. The lowest BCUT2D eigenvalue weighted by Crippen LogP contribution is -2.00. The van der Waals surface area contributed by atoms with Gasteiger partial charge in [-0.3, -0.25) is 4.79 Å². The van der Waals surface area contributed by atoms with E-state index in [9.17, 15) is 9.18 Å². The quantitative estimate of drug-likeness (QED) is 0.660. The second kappa shape index (κ2) is 6.39. The molecule has 110 valence electrons. The van der Waals surface area contributed by atoms with Gasteiger partial charge in [0.2, 0.25) is 0 Å². The molecule has 4 heteroatoms. The number of ether oxygens (including phenoxy) is 1. The van der Waals surface area contributed by atoms with Crippen LogP contribution in [-0.4, -0.2) is 5.78 Å². The van der Waals surface area contributed by atoms with Crippen molar-refractivity contribution in [1.82, 2.24) is 0 Å². The molecule has 0 unspecified atom stereocenters. The standard InChI is InChI=1S/C17H16BrFO2/c1-10(2)14-8-12(18)4-6-16(14)21-17-7-5-13(19)9-15(17)11(3)20/h4-10H,1-3H3. The second-order valence-corrected chi connectivity index (χ2v) is 6.05. The fourth-order valence-electron chi connectivity index (χ4n) is 2.05. The van der Waals surface area contributed by atoms with Crippen molar-refractivity contribution < 1.29 is 13.9 Å². The van der Waals surface area contributed by atoms with E-state index in [0.717, 1.165) is 10.0 Å². The van der Waals surface area contributed by atoms with Crippen molar-refractivity contribution >= 4 is 21.7 Å². The summed E-state index contributed by atoms with van der Waals surface area (Å²) in [5, 5.41) is 0. The summed E-state index contributed by atoms with van der Waals surface area (Å²) >= 11 is 3.44. The lowest BCUT2D eigenvalue weighted by atomic mass is 10.0. The molecule has 0 aromatic heterocycles. The zero-order valence-corrected chi connectivity index (χ0v) is 13.7. The maximum atomic E-state index is 13.3. The molecule has 2 aromatic carbocycles. The summed E-state index contributed by atoms with van der Waals surface area (Å²) in [6.07, 6.45) is 0. The van der Waals surface area contributed by atoms with Gasteiger partial charge in [0.25, 0.3) is 0 Å². The van der Waals surface area contributed by atoms with Crippen molar-refractivity contribution in [2.24, 2.45) is 0 Å². The third kappa shape index (κ3) is 3.70. The lowest BCUT2D eigenvalue weighted by Gasteiger charge is -2.16. The molecule has 21 heavy (non-hydrogen) atoms. The van der Waals surface area contributed by atoms with E-state index in [0.29, 0.717) is 11.5 Å². The summed E-state index contributed by atoms with van der Waals surface area (Å²) in [5.74, 6) is 0.620. The van der Waals surface area contributed by atoms with Crippen LogP contribution in [-0.2, 0) is 0 Å². The Hall–Kier alpha value is -1.68. The molecule has 0 aliphatic rings. The lowest BCUT2D eigenvalue weighted by molar-refractivity contribution is 0.101. The molecular weight excluding hydrogens is 335 g/mol. The molecule has 0 aliphatic heterocycles. The van der Waals surface area contributed by atoms with Crippen molar-refractivity contribution in [1.29, 1.82) is 0 Å². The monoisotopic (exact) mass is 350 g/mol. The van der Waals surface area contributed by atoms with Crippen molar-refractivity contribution in [2.75, 3.05) is 0 Å². The van der Waals surface area contributed by atoms with Gasteiger partial charge in [0.05, 0.1) is 5.56 Å². The Morgan fingerprint density at radius 3 is 2.43 bits per heavy atom. The average molecular weight is 351 g/mol. The maximum absolute atomic E-state index is 13.3. The predicted molar refractivity (Wildman–Crippen MR) is 84.7 cm³/mol. The fraction of sp³-hybridized carbons (Fsp3) is 0.235. The van der Waals surface area contributed by atoms with Crippen LogP contribution in [0, 0.1) is 5.82 Å². The SMILES string of the molecule is CC(=O)c1cc(F)ccc1Oc1ccc(Br)cc1C(C)C. The van der Waals surface area contributed by atoms with Crippen LogP contribution in [0.3, 0.4) is 0 Å². The Balaban J connectivity index is 2.46. The number of halogens is 2. The number of carbonyl (C=O) groups excluding carboxylic acids is 1. The van der Waals surface area contributed by atoms with Crippen molar-refractivity contribution in [2.45, 2.75) is 26.7 Å². The van der Waals surface area contributed by atoms with E-state index in [1.54, 1.807) is 0 Å². The van der Waals surface area contributed by atoms with Gasteiger partial charge in [-0.1, -0.05) is 29.8 Å². The Morgan fingerprint density at radius 1 is 1.14 bits per heavy atom. The van der Waals surface area contributed by atoms with E-state index in [4.69, 9.17) is 4.74 Å². The molecule has 2 aromatic rings. The van der Waals surface area contributed by atoms with Gasteiger partial charge in [-0.25, -0.2) is 4.39 Å². The van der Waals surface area contributed by atoms with Gasteiger partial charge in [-0.2, -0.15) is 0 Å². The van der Waals surface area contributed by atoms with Crippen molar-refractivity contribution in [3.8, 4) is 11.5 Å². The van der Waals surface area contributed by atoms with Crippen LogP contribution in [0.4, 0.5) is 4.39 Å². The molecule has 2 nitrogen and oxygen atoms in total. The Kier molecular flexibility index (Phi) is 4.78. The highest BCUT2D eigenvalue weighted by atomic mass is 79.9. The molecule has 0 radical (unpaired) electrons. The van der Waals surface area contributed by atoms with Crippen LogP contribution < -0.4 is 4.74 Å². The first kappa shape index (κ1) is 15.7. The molecule has 0 bridgehead atoms. The minimum atomic E-state index is -0.451. The highest BCUT2D eigenvalue weighted by Gasteiger charge is 2.14. The minimum absolute atomic E-state index is 0.229. The first-order valence-corrected chi connectivity index (χ1v) is 7.45. The number of hydrogen-bond acceptors (Lipinski definition) is 2. The highest BCUT2D eigenvalue weighted by molar-refractivity contribution is 9.10. The van der Waals surface area contributed by atoms with E-state index < -0.39 is 5.82 Å². The normalized spacial score (nSPS) is 10.8. The topological polar surface area (TPSA) is 26.3 Å². The van der Waals surface area contributed by atoms with E-state index in [-0.39, 0.29) is 17.3 Å². The van der Waals surface area contributed by atoms with E-state index >= 15 is 0 Å². The van der Waals surface area contributed by atoms with Crippen molar-refractivity contribution in [3.05, 3.63) is 57.8 Å². The van der Waals surface area contributed by atoms with Gasteiger partial charge in [-0.15, -0.1) is 0 Å². The summed E-state index contributed by atoms with van der Waals surface area (Å²) < 4.78 is 20.1. The van der Waals surface area contributed by atoms with Gasteiger partial charge in [-0.05, 0) is 54.8 Å². The smallest absolute Gasteiger partial charge is 0.163 e. The summed E-state index contributed by atoms with van der Waals surface area (Å²) in [6.45, 7) is 5.52. The summed E-state index contributed by atoms with van der Waals surface area (Å²) in [5.41, 5.74) is 1.26. The third-order valence-corrected chi connectivity index (χ3v) is 3.63. The van der Waals surface area contributed by atoms with Crippen LogP contribution in [0.25, 0.3) is 0 Å². The van der Waals surface area contributed by atoms with Crippen LogP contribution in [0.5, 0.6) is 11.5 Å². The molecule has 0 saturated heterocycles. The largest absolute Gasteiger partial charge is 0.456 e. The first-order chi connectivity index (χ1) is 9.88. The van der Waals surface area contributed by atoms with Gasteiger partial charge >= 0.3 is 0 Å². The molecule has 0 fully saturated rings. The zero-order valence-electron chi connectivity index (χ0n) is 12.1. The van der Waals surface area contributed by atoms with Gasteiger partial charge < -0.3 is 4.74 Å². The molecule has 0 spiro atoms. The van der Waals surface area contributed by atoms with Crippen LogP contribution in [0.1, 0.15) is 42.6 Å². The Labute approximate surface area is 132 Å². The molecule has 0 atom stereocenters. The van der Waals surface area contributed by atoms with Gasteiger partial charge in [0.1, 0.15) is 17.3 Å². The number of ketones is 1. The summed E-state index contributed by atoms with van der Waals surface area (Å²) in [7, 11) is 0. The third-order valence-electron chi connectivity index (χ3n) is 3.13. The summed E-state index contributed by atoms with van der Waals surface area (Å²) in [4.78, 5) is 11.6. The van der Waals surface area contributed by atoms with Crippen LogP contribution in [0.15, 0.2) is 40.9 Å². The number of hydrogen-bond donors (Lipinski definition) is 0. The Bertz CT molecular complexity index is 680. The molecule has 0 amide bonds. The van der Waals surface area contributed by atoms with E-state index in [2.05, 4.69) is 29.8 Å². The predicted octanol–water partition coefficient (Wildman–Crippen LogP) is 5.71. The minimum Gasteiger partial charge on any atom is -0.456 e. The molecule has 0 N–H and O–H groups in total. The zero-order chi connectivity index (χ0) is 15.6. The summed E-state index contributed by atoms with van der Waals surface area (Å²) in [6, 6.07) is 9.67. The maximum Gasteiger partial charge on any atom is 0.163 e. The van der Waals surface area contributed by atoms with Crippen LogP contribution in [0.2, 0.25) is 0 Å². The number of Topliss-reactive ketones (excluding diaryl/α,β-unsaturated/α-hetero) is 1. The highest BCUT2D eigenvalue weighted by Crippen LogP contribution is 2.34. The first-order valence-electron chi connectivity index (χ1n) is 6.66. The molecule has 2 rings (SSSR count). The molecular formula is C17H16BrFO2.